The van der Waals surface area contributed by atoms with Gasteiger partial charge in [0.1, 0.15) is 17.1 Å². The molecule has 5 nitrogen and oxygen atoms in total. The van der Waals surface area contributed by atoms with Crippen LogP contribution in [0.3, 0.4) is 0 Å². The van der Waals surface area contributed by atoms with Gasteiger partial charge in [0.15, 0.2) is 5.69 Å². The minimum absolute atomic E-state index is 0.544. The lowest BCUT2D eigenvalue weighted by Gasteiger charge is -2.06. The molecule has 0 aliphatic carbocycles. The lowest BCUT2D eigenvalue weighted by molar-refractivity contribution is -0.563. The number of aromatic nitrogens is 1. The maximum atomic E-state index is 9.97. The number of nitrogens with zero attached hydrogens (tertiary/aromatic N) is 1. The molecular formula is C28H22ClN2O3S+. The van der Waals surface area contributed by atoms with Gasteiger partial charge in [-0.25, -0.2) is 10.1 Å². The van der Waals surface area contributed by atoms with Crippen LogP contribution in [0.1, 0.15) is 5.76 Å². The average Bonchev–Trinajstić information content (AvgIpc) is 3.55. The van der Waals surface area contributed by atoms with Crippen LogP contribution in [0.5, 0.6) is 0 Å². The number of thiazole rings is 1. The lowest BCUT2D eigenvalue weighted by atomic mass is 10.1. The molecule has 5 rings (SSSR count). The molecule has 2 heterocycles. The Bertz CT molecular complexity index is 1380. The number of benzene rings is 3. The molecule has 0 spiro atoms. The van der Waals surface area contributed by atoms with Crippen molar-refractivity contribution in [3.63, 3.8) is 0 Å². The molecule has 5 aromatic rings. The first-order valence-corrected chi connectivity index (χ1v) is 12.0. The number of para-hydroxylation sites is 2. The molecule has 0 saturated heterocycles. The van der Waals surface area contributed by atoms with Crippen LogP contribution >= 0.6 is 22.9 Å². The van der Waals surface area contributed by atoms with Gasteiger partial charge in [0.25, 0.3) is 0 Å². The molecule has 2 aromatic heterocycles. The SMILES string of the molecule is Clc1ccc(-c2csc(Nc3ccccc3)[n+]2-c2ccccc2)cc1.O=C(O)/C=C/c1ccco1. The maximum absolute atomic E-state index is 9.97. The predicted molar refractivity (Wildman–Crippen MR) is 141 cm³/mol. The standard InChI is InChI=1S/C21H15ClN2S.C7H6O3/c22-17-13-11-16(12-14-17)20-15-25-21(23-18-7-3-1-4-8-18)24(20)19-9-5-2-6-10-19;8-7(9)4-3-6-2-1-5-10-6/h1-15H;1-5H,(H,8,9)/p+1/b;4-3+. The highest BCUT2D eigenvalue weighted by molar-refractivity contribution is 7.13. The lowest BCUT2D eigenvalue weighted by Crippen LogP contribution is -2.33. The molecule has 0 aliphatic rings. The van der Waals surface area contributed by atoms with Crippen LogP contribution in [0, 0.1) is 0 Å². The van der Waals surface area contributed by atoms with Gasteiger partial charge in [0.05, 0.1) is 6.26 Å². The first kappa shape index (κ1) is 24.0. The molecule has 2 N–H and O–H groups in total. The molecule has 0 atom stereocenters. The topological polar surface area (TPSA) is 66.4 Å². The van der Waals surface area contributed by atoms with Gasteiger partial charge in [-0.15, -0.1) is 0 Å². The summed E-state index contributed by atoms with van der Waals surface area (Å²) in [7, 11) is 0. The second-order valence-electron chi connectivity index (χ2n) is 7.28. The summed E-state index contributed by atoms with van der Waals surface area (Å²) in [4.78, 5) is 9.97. The highest BCUT2D eigenvalue weighted by atomic mass is 35.5. The zero-order valence-electron chi connectivity index (χ0n) is 18.5. The fourth-order valence-corrected chi connectivity index (χ4v) is 4.32. The number of carboxylic acid groups (broad SMARTS) is 1. The highest BCUT2D eigenvalue weighted by Gasteiger charge is 2.21. The van der Waals surface area contributed by atoms with E-state index in [1.165, 1.54) is 12.3 Å². The van der Waals surface area contributed by atoms with Crippen molar-refractivity contribution in [2.24, 2.45) is 0 Å². The summed E-state index contributed by atoms with van der Waals surface area (Å²) in [6.45, 7) is 0. The Morgan fingerprint density at radius 2 is 1.60 bits per heavy atom. The average molecular weight is 502 g/mol. The third-order valence-corrected chi connectivity index (χ3v) is 5.94. The number of rotatable bonds is 6. The molecule has 0 aliphatic heterocycles. The van der Waals surface area contributed by atoms with E-state index in [1.807, 2.05) is 36.4 Å². The van der Waals surface area contributed by atoms with E-state index in [1.54, 1.807) is 23.5 Å². The molecule has 3 aromatic carbocycles. The Balaban J connectivity index is 0.000000243. The van der Waals surface area contributed by atoms with E-state index in [2.05, 4.69) is 63.8 Å². The van der Waals surface area contributed by atoms with E-state index in [9.17, 15) is 4.79 Å². The molecule has 174 valence electrons. The van der Waals surface area contributed by atoms with Crippen molar-refractivity contribution < 1.29 is 18.9 Å². The number of halogens is 1. The zero-order chi connectivity index (χ0) is 24.5. The van der Waals surface area contributed by atoms with Crippen molar-refractivity contribution in [1.82, 2.24) is 0 Å². The quantitative estimate of drug-likeness (QED) is 0.187. The Morgan fingerprint density at radius 1 is 0.914 bits per heavy atom. The van der Waals surface area contributed by atoms with Gasteiger partial charge in [-0.1, -0.05) is 59.3 Å². The summed E-state index contributed by atoms with van der Waals surface area (Å²) >= 11 is 7.74. The largest absolute Gasteiger partial charge is 0.478 e. The minimum Gasteiger partial charge on any atom is -0.478 e. The molecule has 0 unspecified atom stereocenters. The van der Waals surface area contributed by atoms with Crippen LogP contribution in [0.4, 0.5) is 10.8 Å². The summed E-state index contributed by atoms with van der Waals surface area (Å²) in [5, 5.41) is 15.7. The Kier molecular flexibility index (Phi) is 8.12. The van der Waals surface area contributed by atoms with E-state index in [4.69, 9.17) is 21.1 Å². The van der Waals surface area contributed by atoms with Crippen LogP contribution in [0.2, 0.25) is 5.02 Å². The Labute approximate surface area is 212 Å². The van der Waals surface area contributed by atoms with Gasteiger partial charge in [0, 0.05) is 22.0 Å². The number of carbonyl (C=O) groups is 1. The van der Waals surface area contributed by atoms with Crippen LogP contribution in [-0.2, 0) is 4.79 Å². The summed E-state index contributed by atoms with van der Waals surface area (Å²) in [5.74, 6) is -0.432. The summed E-state index contributed by atoms with van der Waals surface area (Å²) in [6, 6.07) is 31.9. The second kappa shape index (κ2) is 11.8. The van der Waals surface area contributed by atoms with Crippen molar-refractivity contribution in [3.05, 3.63) is 126 Å². The van der Waals surface area contributed by atoms with Crippen molar-refractivity contribution >= 4 is 45.8 Å². The van der Waals surface area contributed by atoms with Crippen molar-refractivity contribution in [1.29, 1.82) is 0 Å². The van der Waals surface area contributed by atoms with Crippen LogP contribution in [0.15, 0.2) is 119 Å². The number of hydrogen-bond donors (Lipinski definition) is 2. The summed E-state index contributed by atoms with van der Waals surface area (Å²) in [6.07, 6.45) is 3.91. The highest BCUT2D eigenvalue weighted by Crippen LogP contribution is 2.28. The summed E-state index contributed by atoms with van der Waals surface area (Å²) < 4.78 is 7.07. The normalized spacial score (nSPS) is 10.5. The van der Waals surface area contributed by atoms with Crippen molar-refractivity contribution in [2.45, 2.75) is 0 Å². The molecule has 0 bridgehead atoms. The molecule has 7 heteroatoms. The zero-order valence-corrected chi connectivity index (χ0v) is 20.1. The van der Waals surface area contributed by atoms with Crippen LogP contribution in [0.25, 0.3) is 23.0 Å². The first-order valence-electron chi connectivity index (χ1n) is 10.7. The van der Waals surface area contributed by atoms with Crippen molar-refractivity contribution in [2.75, 3.05) is 5.32 Å². The number of nitrogens with one attached hydrogen (secondary N) is 1. The second-order valence-corrected chi connectivity index (χ2v) is 8.58. The monoisotopic (exact) mass is 501 g/mol. The smallest absolute Gasteiger partial charge is 0.344 e. The molecule has 0 saturated carbocycles. The van der Waals surface area contributed by atoms with Crippen molar-refractivity contribution in [3.8, 4) is 16.9 Å². The van der Waals surface area contributed by atoms with Crippen LogP contribution < -0.4 is 9.88 Å². The number of aliphatic carboxylic acids is 1. The van der Waals surface area contributed by atoms with Gasteiger partial charge in [-0.3, -0.25) is 0 Å². The molecule has 0 radical (unpaired) electrons. The van der Waals surface area contributed by atoms with Gasteiger partial charge in [-0.05, 0) is 66.7 Å². The molecule has 35 heavy (non-hydrogen) atoms. The number of furan rings is 1. The predicted octanol–water partition coefficient (Wildman–Crippen LogP) is 7.47. The first-order chi connectivity index (χ1) is 17.1. The Morgan fingerprint density at radius 3 is 2.23 bits per heavy atom. The van der Waals surface area contributed by atoms with Crippen LogP contribution in [-0.4, -0.2) is 11.1 Å². The third-order valence-electron chi connectivity index (χ3n) is 4.84. The minimum atomic E-state index is -0.976. The molecule has 0 fully saturated rings. The van der Waals surface area contributed by atoms with Gasteiger partial charge in [0.2, 0.25) is 0 Å². The van der Waals surface area contributed by atoms with E-state index in [0.717, 1.165) is 38.9 Å². The fourth-order valence-electron chi connectivity index (χ4n) is 3.25. The van der Waals surface area contributed by atoms with E-state index in [-0.39, 0.29) is 0 Å². The number of carboxylic acids is 1. The third kappa shape index (κ3) is 6.69. The summed E-state index contributed by atoms with van der Waals surface area (Å²) in [5.41, 5.74) is 4.45. The van der Waals surface area contributed by atoms with E-state index >= 15 is 0 Å². The van der Waals surface area contributed by atoms with E-state index in [0.29, 0.717) is 5.76 Å². The fraction of sp³-hybridized carbons (Fsp3) is 0. The van der Waals surface area contributed by atoms with Gasteiger partial charge in [-0.2, -0.15) is 4.57 Å². The number of anilines is 2. The number of hydrogen-bond acceptors (Lipinski definition) is 4. The van der Waals surface area contributed by atoms with E-state index < -0.39 is 5.97 Å². The van der Waals surface area contributed by atoms with Gasteiger partial charge < -0.3 is 9.52 Å². The maximum Gasteiger partial charge on any atom is 0.344 e. The van der Waals surface area contributed by atoms with Gasteiger partial charge >= 0.3 is 11.1 Å². The molecular weight excluding hydrogens is 480 g/mol. The Hall–Kier alpha value is -4.13. The molecule has 0 amide bonds.